The van der Waals surface area contributed by atoms with E-state index >= 15 is 0 Å². The van der Waals surface area contributed by atoms with Crippen molar-refractivity contribution in [3.63, 3.8) is 0 Å². The van der Waals surface area contributed by atoms with E-state index in [2.05, 4.69) is 20.3 Å². The van der Waals surface area contributed by atoms with Crippen LogP contribution in [0.1, 0.15) is 55.2 Å². The minimum Gasteiger partial charge on any atom is -0.496 e. The van der Waals surface area contributed by atoms with Crippen LogP contribution in [0.2, 0.25) is 0 Å². The zero-order chi connectivity index (χ0) is 26.7. The molecule has 1 unspecified atom stereocenters. The summed E-state index contributed by atoms with van der Waals surface area (Å²) in [6, 6.07) is 9.37. The first-order chi connectivity index (χ1) is 17.8. The molecule has 1 atom stereocenters. The van der Waals surface area contributed by atoms with Crippen molar-refractivity contribution in [3.05, 3.63) is 81.4 Å². The summed E-state index contributed by atoms with van der Waals surface area (Å²) in [5.41, 5.74) is 8.07. The monoisotopic (exact) mass is 503 g/mol. The number of aryl methyl sites for hydroxylation is 1. The van der Waals surface area contributed by atoms with Gasteiger partial charge in [-0.1, -0.05) is 19.9 Å². The highest BCUT2D eigenvalue weighted by Crippen LogP contribution is 2.29. The smallest absolute Gasteiger partial charge is 0.264 e. The summed E-state index contributed by atoms with van der Waals surface area (Å²) in [6.07, 6.45) is 2.52. The van der Waals surface area contributed by atoms with Gasteiger partial charge in [0.05, 0.1) is 29.9 Å². The molecule has 0 aliphatic heterocycles. The molecule has 2 aromatic heterocycles. The first-order valence-corrected chi connectivity index (χ1v) is 12.1. The van der Waals surface area contributed by atoms with Crippen molar-refractivity contribution in [2.75, 3.05) is 18.2 Å². The predicted molar refractivity (Wildman–Crippen MR) is 143 cm³/mol. The van der Waals surface area contributed by atoms with Crippen LogP contribution >= 0.6 is 0 Å². The molecule has 0 aliphatic rings. The Morgan fingerprint density at radius 2 is 2.03 bits per heavy atom. The summed E-state index contributed by atoms with van der Waals surface area (Å²) < 4.78 is 21.4. The van der Waals surface area contributed by atoms with E-state index in [4.69, 9.17) is 15.9 Å². The molecule has 9 nitrogen and oxygen atoms in total. The Bertz CT molecular complexity index is 1530. The van der Waals surface area contributed by atoms with Crippen LogP contribution in [0, 0.1) is 18.2 Å². The molecule has 0 spiro atoms. The normalized spacial score (nSPS) is 11.9. The van der Waals surface area contributed by atoms with Crippen LogP contribution in [-0.2, 0) is 6.54 Å². The summed E-state index contributed by atoms with van der Waals surface area (Å²) in [7, 11) is 1.59. The molecule has 2 aromatic carbocycles. The third-order valence-corrected chi connectivity index (χ3v) is 6.25. The van der Waals surface area contributed by atoms with Gasteiger partial charge >= 0.3 is 0 Å². The maximum absolute atomic E-state index is 14.5. The predicted octanol–water partition coefficient (Wildman–Crippen LogP) is 4.61. The molecule has 0 aliphatic carbocycles. The molecule has 0 amide bonds. The van der Waals surface area contributed by atoms with Crippen LogP contribution in [0.25, 0.3) is 10.9 Å². The van der Waals surface area contributed by atoms with Gasteiger partial charge in [-0.2, -0.15) is 0 Å². The minimum atomic E-state index is -0.596. The zero-order valence-corrected chi connectivity index (χ0v) is 21.3. The summed E-state index contributed by atoms with van der Waals surface area (Å²) in [5, 5.41) is 12.2. The van der Waals surface area contributed by atoms with Gasteiger partial charge in [0.25, 0.3) is 5.56 Å². The van der Waals surface area contributed by atoms with Crippen LogP contribution in [0.5, 0.6) is 5.75 Å². The lowest BCUT2D eigenvalue weighted by molar-refractivity contribution is 0.411. The Morgan fingerprint density at radius 1 is 1.24 bits per heavy atom. The van der Waals surface area contributed by atoms with Gasteiger partial charge in [-0.25, -0.2) is 19.3 Å². The molecule has 10 heteroatoms. The van der Waals surface area contributed by atoms with Gasteiger partial charge in [-0.3, -0.25) is 14.8 Å². The van der Waals surface area contributed by atoms with Crippen molar-refractivity contribution >= 4 is 28.3 Å². The lowest BCUT2D eigenvalue weighted by atomic mass is 10.0. The quantitative estimate of drug-likeness (QED) is 0.284. The molecule has 0 bridgehead atoms. The molecule has 0 radical (unpaired) electrons. The number of nitrogens with zero attached hydrogens (tertiary/aromatic N) is 4. The zero-order valence-electron chi connectivity index (χ0n) is 21.3. The molecule has 0 fully saturated rings. The van der Waals surface area contributed by atoms with E-state index in [1.54, 1.807) is 25.3 Å². The van der Waals surface area contributed by atoms with E-state index < -0.39 is 17.4 Å². The van der Waals surface area contributed by atoms with Crippen molar-refractivity contribution in [2.45, 2.75) is 46.2 Å². The van der Waals surface area contributed by atoms with E-state index in [-0.39, 0.29) is 22.4 Å². The Morgan fingerprint density at radius 3 is 2.70 bits per heavy atom. The van der Waals surface area contributed by atoms with Gasteiger partial charge in [0.2, 0.25) is 0 Å². The lowest BCUT2D eigenvalue weighted by Gasteiger charge is -2.23. The number of halogens is 1. The number of benzene rings is 2. The maximum Gasteiger partial charge on any atom is 0.264 e. The number of ether oxygens (including phenoxy) is 1. The van der Waals surface area contributed by atoms with Crippen molar-refractivity contribution in [3.8, 4) is 5.75 Å². The SMILES string of the molecule is CCCn1c(C(CC)Nc2ncnc(N)c2C(=N)c2ccc(OC)c(C)c2)nc2cccc(F)c2c1=O. The Labute approximate surface area is 214 Å². The topological polar surface area (TPSA) is 132 Å². The van der Waals surface area contributed by atoms with Crippen LogP contribution < -0.4 is 21.3 Å². The highest BCUT2D eigenvalue weighted by atomic mass is 19.1. The Hall–Kier alpha value is -4.34. The number of methoxy groups -OCH3 is 1. The number of aromatic nitrogens is 4. The molecule has 4 N–H and O–H groups in total. The number of nitrogens with two attached hydrogens (primary N) is 1. The third-order valence-electron chi connectivity index (χ3n) is 6.25. The number of nitrogens with one attached hydrogen (secondary N) is 2. The van der Waals surface area contributed by atoms with Crippen LogP contribution in [0.3, 0.4) is 0 Å². The molecular formula is C27H30FN7O2. The second-order valence-corrected chi connectivity index (χ2v) is 8.71. The fourth-order valence-electron chi connectivity index (χ4n) is 4.39. The molecular weight excluding hydrogens is 473 g/mol. The molecule has 37 heavy (non-hydrogen) atoms. The average Bonchev–Trinajstić information content (AvgIpc) is 2.88. The van der Waals surface area contributed by atoms with Gasteiger partial charge in [0.1, 0.15) is 40.7 Å². The van der Waals surface area contributed by atoms with E-state index in [0.717, 1.165) is 5.56 Å². The van der Waals surface area contributed by atoms with Crippen LogP contribution in [0.4, 0.5) is 16.0 Å². The Kier molecular flexibility index (Phi) is 7.47. The van der Waals surface area contributed by atoms with Crippen LogP contribution in [-0.4, -0.2) is 32.3 Å². The minimum absolute atomic E-state index is 0.0295. The van der Waals surface area contributed by atoms with Crippen molar-refractivity contribution in [2.24, 2.45) is 0 Å². The number of fused-ring (bicyclic) bond motifs is 1. The number of hydrogen-bond donors (Lipinski definition) is 3. The van der Waals surface area contributed by atoms with Gasteiger partial charge < -0.3 is 15.8 Å². The van der Waals surface area contributed by atoms with Crippen molar-refractivity contribution in [1.82, 2.24) is 19.5 Å². The third kappa shape index (κ3) is 4.87. The highest BCUT2D eigenvalue weighted by molar-refractivity contribution is 6.16. The summed E-state index contributed by atoms with van der Waals surface area (Å²) in [4.78, 5) is 26.5. The number of nitrogen functional groups attached to an aromatic ring is 1. The Balaban J connectivity index is 1.81. The van der Waals surface area contributed by atoms with Gasteiger partial charge in [-0.15, -0.1) is 0 Å². The summed E-state index contributed by atoms with van der Waals surface area (Å²) in [5.74, 6) is 1.06. The number of hydrogen-bond acceptors (Lipinski definition) is 8. The number of anilines is 2. The molecule has 4 rings (SSSR count). The molecule has 4 aromatic rings. The second-order valence-electron chi connectivity index (χ2n) is 8.71. The van der Waals surface area contributed by atoms with E-state index in [0.29, 0.717) is 47.9 Å². The first-order valence-electron chi connectivity index (χ1n) is 12.1. The summed E-state index contributed by atoms with van der Waals surface area (Å²) >= 11 is 0. The first kappa shape index (κ1) is 25.7. The van der Waals surface area contributed by atoms with Gasteiger partial charge in [0, 0.05) is 12.1 Å². The fourth-order valence-corrected chi connectivity index (χ4v) is 4.39. The summed E-state index contributed by atoms with van der Waals surface area (Å²) in [6.45, 7) is 6.16. The highest BCUT2D eigenvalue weighted by Gasteiger charge is 2.24. The van der Waals surface area contributed by atoms with Gasteiger partial charge in [0.15, 0.2) is 0 Å². The van der Waals surface area contributed by atoms with Crippen LogP contribution in [0.15, 0.2) is 47.5 Å². The van der Waals surface area contributed by atoms with E-state index in [9.17, 15) is 9.18 Å². The van der Waals surface area contributed by atoms with E-state index in [1.165, 1.54) is 23.0 Å². The molecule has 0 saturated carbocycles. The fraction of sp³-hybridized carbons (Fsp3) is 0.296. The van der Waals surface area contributed by atoms with E-state index in [1.807, 2.05) is 26.8 Å². The average molecular weight is 504 g/mol. The largest absolute Gasteiger partial charge is 0.496 e. The molecule has 192 valence electrons. The number of rotatable bonds is 9. The lowest BCUT2D eigenvalue weighted by Crippen LogP contribution is -2.30. The van der Waals surface area contributed by atoms with Crippen molar-refractivity contribution in [1.29, 1.82) is 5.41 Å². The molecule has 0 saturated heterocycles. The molecule has 2 heterocycles. The van der Waals surface area contributed by atoms with Gasteiger partial charge in [-0.05, 0) is 55.7 Å². The van der Waals surface area contributed by atoms with Crippen molar-refractivity contribution < 1.29 is 9.13 Å². The second kappa shape index (κ2) is 10.7. The standard InChI is InChI=1S/C27H30FN7O2/c1-5-12-35-26(34-19-9-7-8-17(28)21(19)27(35)36)18(6-2)33-25-22(24(30)31-14-32-25)23(29)16-10-11-20(37-4)15(3)13-16/h7-11,13-14,18,29H,5-6,12H2,1-4H3,(H3,30,31,32,33). The maximum atomic E-state index is 14.5.